The summed E-state index contributed by atoms with van der Waals surface area (Å²) in [4.78, 5) is 26.7. The van der Waals surface area contributed by atoms with Crippen molar-refractivity contribution in [3.05, 3.63) is 143 Å². The number of rotatable bonds is 0. The van der Waals surface area contributed by atoms with Crippen molar-refractivity contribution < 1.29 is 19.5 Å². The largest absolute Gasteiger partial charge is 0.254 e. The van der Waals surface area contributed by atoms with Crippen molar-refractivity contribution in [2.75, 3.05) is 0 Å². The molecule has 0 saturated carbocycles. The molecule has 9 rings (SSSR count). The fraction of sp³-hybridized carbons (Fsp3) is 0.143. The Bertz CT molecular complexity index is 2180. The van der Waals surface area contributed by atoms with E-state index in [1.807, 2.05) is 73.6 Å². The quantitative estimate of drug-likeness (QED) is 0.114. The first-order valence-electron chi connectivity index (χ1n) is 16.1. The van der Waals surface area contributed by atoms with E-state index < -0.39 is 0 Å². The molecule has 0 unspecified atom stereocenters. The Kier molecular flexibility index (Phi) is 9.66. The molecule has 0 aliphatic heterocycles. The van der Waals surface area contributed by atoms with Gasteiger partial charge in [-0.05, 0) is 111 Å². The molecule has 0 radical (unpaired) electrons. The fourth-order valence-corrected chi connectivity index (χ4v) is 6.31. The summed E-state index contributed by atoms with van der Waals surface area (Å²) in [6, 6.07) is 25.0. The summed E-state index contributed by atoms with van der Waals surface area (Å²) in [5, 5.41) is 7.13. The summed E-state index contributed by atoms with van der Waals surface area (Å²) in [7, 11) is 0. The van der Waals surface area contributed by atoms with Crippen LogP contribution in [0.15, 0.2) is 110 Å². The van der Waals surface area contributed by atoms with Gasteiger partial charge in [0.15, 0.2) is 0 Å². The molecule has 0 N–H and O–H groups in total. The van der Waals surface area contributed by atoms with Gasteiger partial charge < -0.3 is 0 Å². The molecule has 9 aromatic rings. The van der Waals surface area contributed by atoms with Crippen molar-refractivity contribution in [1.29, 1.82) is 0 Å². The minimum atomic E-state index is 0. The van der Waals surface area contributed by atoms with Crippen LogP contribution in [0.5, 0.6) is 0 Å². The van der Waals surface area contributed by atoms with Crippen LogP contribution in [-0.4, -0.2) is 29.9 Å². The Labute approximate surface area is 298 Å². The first-order valence-corrected chi connectivity index (χ1v) is 16.1. The number of pyridine rings is 6. The molecule has 3 aromatic carbocycles. The third-order valence-corrected chi connectivity index (χ3v) is 9.17. The molecular formula is C42H36N6Ru. The van der Waals surface area contributed by atoms with E-state index in [1.165, 1.54) is 65.7 Å². The van der Waals surface area contributed by atoms with Crippen LogP contribution in [0, 0.1) is 41.5 Å². The molecule has 0 aliphatic rings. The van der Waals surface area contributed by atoms with Crippen LogP contribution >= 0.6 is 0 Å². The van der Waals surface area contributed by atoms with Gasteiger partial charge in [-0.1, -0.05) is 36.4 Å². The van der Waals surface area contributed by atoms with E-state index in [4.69, 9.17) is 0 Å². The van der Waals surface area contributed by atoms with E-state index >= 15 is 0 Å². The van der Waals surface area contributed by atoms with Gasteiger partial charge in [-0.15, -0.1) is 0 Å². The van der Waals surface area contributed by atoms with Crippen molar-refractivity contribution in [1.82, 2.24) is 29.9 Å². The molecule has 0 bridgehead atoms. The number of fused-ring (bicyclic) bond motifs is 9. The van der Waals surface area contributed by atoms with Crippen LogP contribution in [0.25, 0.3) is 65.4 Å². The predicted octanol–water partition coefficient (Wildman–Crippen LogP) is 10.2. The predicted molar refractivity (Wildman–Crippen MR) is 200 cm³/mol. The molecular weight excluding hydrogens is 690 g/mol. The van der Waals surface area contributed by atoms with Crippen LogP contribution in [0.4, 0.5) is 0 Å². The van der Waals surface area contributed by atoms with E-state index in [0.717, 1.165) is 33.1 Å². The summed E-state index contributed by atoms with van der Waals surface area (Å²) in [6.45, 7) is 12.6. The van der Waals surface area contributed by atoms with Crippen molar-refractivity contribution in [3.63, 3.8) is 0 Å². The Balaban J connectivity index is 0.000000126. The number of hydrogen-bond donors (Lipinski definition) is 0. The Morgan fingerprint density at radius 1 is 0.245 bits per heavy atom. The van der Waals surface area contributed by atoms with Gasteiger partial charge in [0, 0.05) is 89.0 Å². The normalized spacial score (nSPS) is 10.9. The molecule has 0 aliphatic carbocycles. The van der Waals surface area contributed by atoms with Crippen molar-refractivity contribution in [2.24, 2.45) is 0 Å². The van der Waals surface area contributed by atoms with Crippen LogP contribution in [-0.2, 0) is 19.5 Å². The number of aromatic nitrogens is 6. The van der Waals surface area contributed by atoms with Gasteiger partial charge in [0.2, 0.25) is 0 Å². The van der Waals surface area contributed by atoms with Gasteiger partial charge in [-0.3, -0.25) is 29.9 Å². The Morgan fingerprint density at radius 3 is 0.531 bits per heavy atom. The summed E-state index contributed by atoms with van der Waals surface area (Å²) < 4.78 is 0. The average molecular weight is 726 g/mol. The standard InChI is InChI=1S/3C14H12N2.Ru/c3*1-9-5-7-15-13-11(9)3-4-12-10(2)6-8-16-14(12)13;/h3*3-8H,1-2H3;. The Morgan fingerprint density at radius 2 is 0.388 bits per heavy atom. The van der Waals surface area contributed by atoms with Gasteiger partial charge >= 0.3 is 0 Å². The first kappa shape index (κ1) is 33.6. The number of benzene rings is 3. The van der Waals surface area contributed by atoms with Gasteiger partial charge in [0.25, 0.3) is 0 Å². The number of aryl methyl sites for hydroxylation is 6. The van der Waals surface area contributed by atoms with E-state index in [9.17, 15) is 0 Å². The molecule has 0 spiro atoms. The average Bonchev–Trinajstić information content (AvgIpc) is 3.10. The smallest absolute Gasteiger partial charge is 0.0967 e. The minimum absolute atomic E-state index is 0. The van der Waals surface area contributed by atoms with Crippen LogP contribution in [0.3, 0.4) is 0 Å². The summed E-state index contributed by atoms with van der Waals surface area (Å²) in [5.41, 5.74) is 13.5. The van der Waals surface area contributed by atoms with E-state index in [-0.39, 0.29) is 19.5 Å². The molecule has 6 nitrogen and oxygen atoms in total. The maximum atomic E-state index is 4.45. The molecule has 6 aromatic heterocycles. The molecule has 242 valence electrons. The van der Waals surface area contributed by atoms with E-state index in [2.05, 4.69) is 108 Å². The summed E-state index contributed by atoms with van der Waals surface area (Å²) >= 11 is 0. The molecule has 7 heteroatoms. The number of nitrogens with zero attached hydrogens (tertiary/aromatic N) is 6. The molecule has 0 saturated heterocycles. The van der Waals surface area contributed by atoms with Crippen molar-refractivity contribution in [2.45, 2.75) is 41.5 Å². The van der Waals surface area contributed by atoms with Crippen LogP contribution in [0.2, 0.25) is 0 Å². The third kappa shape index (κ3) is 6.35. The maximum Gasteiger partial charge on any atom is 0.0967 e. The first-order chi connectivity index (χ1) is 23.3. The number of hydrogen-bond acceptors (Lipinski definition) is 6. The van der Waals surface area contributed by atoms with E-state index in [0.29, 0.717) is 0 Å². The zero-order valence-corrected chi connectivity index (χ0v) is 30.2. The van der Waals surface area contributed by atoms with Gasteiger partial charge in [-0.25, -0.2) is 0 Å². The zero-order valence-electron chi connectivity index (χ0n) is 28.4. The van der Waals surface area contributed by atoms with Crippen molar-refractivity contribution in [3.8, 4) is 0 Å². The van der Waals surface area contributed by atoms with Gasteiger partial charge in [-0.2, -0.15) is 0 Å². The van der Waals surface area contributed by atoms with Crippen LogP contribution < -0.4 is 0 Å². The summed E-state index contributed by atoms with van der Waals surface area (Å²) in [5.74, 6) is 0. The zero-order chi connectivity index (χ0) is 33.4. The fourth-order valence-electron chi connectivity index (χ4n) is 6.31. The molecule has 0 atom stereocenters. The molecule has 49 heavy (non-hydrogen) atoms. The molecule has 6 heterocycles. The second-order valence-corrected chi connectivity index (χ2v) is 12.3. The Hall–Kier alpha value is -5.26. The second kappa shape index (κ2) is 14.1. The van der Waals surface area contributed by atoms with Gasteiger partial charge in [0.05, 0.1) is 33.1 Å². The molecule has 0 amide bonds. The van der Waals surface area contributed by atoms with Gasteiger partial charge in [0.1, 0.15) is 0 Å². The van der Waals surface area contributed by atoms with Crippen LogP contribution in [0.1, 0.15) is 33.4 Å². The minimum Gasteiger partial charge on any atom is -0.254 e. The molecule has 0 fully saturated rings. The second-order valence-electron chi connectivity index (χ2n) is 12.3. The van der Waals surface area contributed by atoms with E-state index in [1.54, 1.807) is 0 Å². The van der Waals surface area contributed by atoms with Crippen molar-refractivity contribution >= 4 is 65.4 Å². The summed E-state index contributed by atoms with van der Waals surface area (Å²) in [6.07, 6.45) is 11.1. The third-order valence-electron chi connectivity index (χ3n) is 9.17. The SMILES string of the molecule is Cc1ccnc2c1ccc1c(C)ccnc12.Cc1ccnc2c1ccc1c(C)ccnc12.Cc1ccnc2c1ccc1c(C)ccnc12.[Ru]. The topological polar surface area (TPSA) is 77.3 Å². The monoisotopic (exact) mass is 726 g/mol. The maximum absolute atomic E-state index is 4.45.